The van der Waals surface area contributed by atoms with Crippen molar-refractivity contribution in [2.45, 2.75) is 6.17 Å². The van der Waals surface area contributed by atoms with Crippen molar-refractivity contribution in [1.82, 2.24) is 15.6 Å². The summed E-state index contributed by atoms with van der Waals surface area (Å²) in [6.45, 7) is 2.03. The average molecular weight is 202 g/mol. The number of aromatic amines is 1. The summed E-state index contributed by atoms with van der Waals surface area (Å²) in [6, 6.07) is 8.09. The van der Waals surface area contributed by atoms with Crippen molar-refractivity contribution < 1.29 is 0 Å². The van der Waals surface area contributed by atoms with Gasteiger partial charge in [-0.05, 0) is 23.6 Å². The van der Waals surface area contributed by atoms with Crippen LogP contribution in [0.1, 0.15) is 11.9 Å². The summed E-state index contributed by atoms with van der Waals surface area (Å²) in [6.07, 6.45) is 0.249. The molecule has 78 valence electrons. The summed E-state index contributed by atoms with van der Waals surface area (Å²) in [5, 5.41) is 7.95. The number of H-pyrrole nitrogens is 1. The molecule has 1 saturated heterocycles. The Balaban J connectivity index is 2.05. The van der Waals surface area contributed by atoms with E-state index >= 15 is 0 Å². The second-order valence-electron chi connectivity index (χ2n) is 3.91. The Morgan fingerprint density at radius 1 is 1.13 bits per heavy atom. The number of fused-ring (bicyclic) bond motifs is 1. The zero-order valence-electron chi connectivity index (χ0n) is 8.38. The molecule has 4 nitrogen and oxygen atoms in total. The Morgan fingerprint density at radius 3 is 2.73 bits per heavy atom. The van der Waals surface area contributed by atoms with Gasteiger partial charge in [-0.1, -0.05) is 6.07 Å². The normalized spacial score (nSPS) is 17.6. The van der Waals surface area contributed by atoms with Crippen LogP contribution in [0.3, 0.4) is 0 Å². The van der Waals surface area contributed by atoms with Crippen LogP contribution in [0.25, 0.3) is 10.9 Å². The van der Waals surface area contributed by atoms with E-state index in [1.54, 1.807) is 0 Å². The highest BCUT2D eigenvalue weighted by Gasteiger charge is 2.16. The topological polar surface area (TPSA) is 65.9 Å². The van der Waals surface area contributed by atoms with Gasteiger partial charge in [0, 0.05) is 30.0 Å². The quantitative estimate of drug-likeness (QED) is 0.520. The largest absolute Gasteiger partial charge is 0.399 e. The van der Waals surface area contributed by atoms with E-state index < -0.39 is 0 Å². The second kappa shape index (κ2) is 3.25. The first-order valence-electron chi connectivity index (χ1n) is 5.18. The van der Waals surface area contributed by atoms with Crippen LogP contribution in [0.4, 0.5) is 5.69 Å². The Morgan fingerprint density at radius 2 is 1.93 bits per heavy atom. The SMILES string of the molecule is Nc1ccc2cc(C3NCCN3)[nH]c2c1. The Hall–Kier alpha value is -1.52. The molecule has 1 aromatic carbocycles. The minimum absolute atomic E-state index is 0.249. The highest BCUT2D eigenvalue weighted by molar-refractivity contribution is 5.83. The molecule has 1 fully saturated rings. The zero-order valence-corrected chi connectivity index (χ0v) is 8.38. The maximum Gasteiger partial charge on any atom is 0.0989 e. The molecule has 4 heteroatoms. The molecular formula is C11H14N4. The van der Waals surface area contributed by atoms with Gasteiger partial charge in [0.1, 0.15) is 0 Å². The van der Waals surface area contributed by atoms with Gasteiger partial charge < -0.3 is 10.7 Å². The van der Waals surface area contributed by atoms with Gasteiger partial charge in [0.05, 0.1) is 6.17 Å². The van der Waals surface area contributed by atoms with Gasteiger partial charge in [-0.2, -0.15) is 0 Å². The summed E-state index contributed by atoms with van der Waals surface area (Å²) in [7, 11) is 0. The van der Waals surface area contributed by atoms with Crippen molar-refractivity contribution in [1.29, 1.82) is 0 Å². The molecule has 5 N–H and O–H groups in total. The van der Waals surface area contributed by atoms with Crippen LogP contribution in [0.15, 0.2) is 24.3 Å². The maximum atomic E-state index is 5.74. The number of benzene rings is 1. The molecule has 1 aliphatic heterocycles. The van der Waals surface area contributed by atoms with Crippen LogP contribution in [0.2, 0.25) is 0 Å². The fourth-order valence-corrected chi connectivity index (χ4v) is 2.05. The first-order valence-corrected chi connectivity index (χ1v) is 5.18. The first-order chi connectivity index (χ1) is 7.33. The molecule has 0 amide bonds. The summed E-state index contributed by atoms with van der Waals surface area (Å²) < 4.78 is 0. The molecule has 0 unspecified atom stereocenters. The lowest BCUT2D eigenvalue weighted by atomic mass is 10.2. The zero-order chi connectivity index (χ0) is 10.3. The molecular weight excluding hydrogens is 188 g/mol. The monoisotopic (exact) mass is 202 g/mol. The van der Waals surface area contributed by atoms with Gasteiger partial charge in [-0.3, -0.25) is 10.6 Å². The molecule has 0 bridgehead atoms. The predicted molar refractivity (Wildman–Crippen MR) is 61.5 cm³/mol. The van der Waals surface area contributed by atoms with Crippen LogP contribution in [-0.2, 0) is 0 Å². The fraction of sp³-hybridized carbons (Fsp3) is 0.273. The third kappa shape index (κ3) is 1.48. The molecule has 2 aromatic rings. The highest BCUT2D eigenvalue weighted by atomic mass is 15.2. The molecule has 1 aliphatic rings. The lowest BCUT2D eigenvalue weighted by Crippen LogP contribution is -2.21. The minimum Gasteiger partial charge on any atom is -0.399 e. The number of rotatable bonds is 1. The minimum atomic E-state index is 0.249. The average Bonchev–Trinajstić information content (AvgIpc) is 2.84. The lowest BCUT2D eigenvalue weighted by Gasteiger charge is -2.07. The number of nitrogens with two attached hydrogens (primary N) is 1. The van der Waals surface area contributed by atoms with E-state index in [1.807, 2.05) is 18.2 Å². The van der Waals surface area contributed by atoms with Crippen molar-refractivity contribution in [3.05, 3.63) is 30.0 Å². The molecule has 0 saturated carbocycles. The lowest BCUT2D eigenvalue weighted by molar-refractivity contribution is 0.576. The number of nitrogen functional groups attached to an aromatic ring is 1. The fourth-order valence-electron chi connectivity index (χ4n) is 2.05. The van der Waals surface area contributed by atoms with E-state index in [0.29, 0.717) is 0 Å². The first kappa shape index (κ1) is 8.76. The van der Waals surface area contributed by atoms with Crippen LogP contribution in [-0.4, -0.2) is 18.1 Å². The summed E-state index contributed by atoms with van der Waals surface area (Å²) >= 11 is 0. The van der Waals surface area contributed by atoms with Gasteiger partial charge >= 0.3 is 0 Å². The van der Waals surface area contributed by atoms with Crippen LogP contribution >= 0.6 is 0 Å². The van der Waals surface area contributed by atoms with Crippen molar-refractivity contribution in [3.8, 4) is 0 Å². The maximum absolute atomic E-state index is 5.74. The Labute approximate surface area is 87.9 Å². The standard InChI is InChI=1S/C11H14N4/c12-8-2-1-7-5-10(15-9(7)6-8)11-13-3-4-14-11/h1-2,5-6,11,13-15H,3-4,12H2. The van der Waals surface area contributed by atoms with Crippen LogP contribution in [0, 0.1) is 0 Å². The number of aromatic nitrogens is 1. The smallest absolute Gasteiger partial charge is 0.0989 e. The van der Waals surface area contributed by atoms with Gasteiger partial charge in [0.2, 0.25) is 0 Å². The number of hydrogen-bond acceptors (Lipinski definition) is 3. The van der Waals surface area contributed by atoms with E-state index in [4.69, 9.17) is 5.73 Å². The van der Waals surface area contributed by atoms with E-state index in [-0.39, 0.29) is 6.17 Å². The highest BCUT2D eigenvalue weighted by Crippen LogP contribution is 2.21. The predicted octanol–water partition coefficient (Wildman–Crippen LogP) is 0.941. The van der Waals surface area contributed by atoms with E-state index in [9.17, 15) is 0 Å². The molecule has 0 aliphatic carbocycles. The Kier molecular flexibility index (Phi) is 1.90. The second-order valence-corrected chi connectivity index (χ2v) is 3.91. The number of nitrogens with one attached hydrogen (secondary N) is 3. The van der Waals surface area contributed by atoms with Crippen LogP contribution < -0.4 is 16.4 Å². The molecule has 1 aromatic heterocycles. The van der Waals surface area contributed by atoms with Crippen molar-refractivity contribution in [2.75, 3.05) is 18.8 Å². The number of hydrogen-bond donors (Lipinski definition) is 4. The van der Waals surface area contributed by atoms with E-state index in [0.717, 1.165) is 24.3 Å². The van der Waals surface area contributed by atoms with E-state index in [1.165, 1.54) is 11.1 Å². The van der Waals surface area contributed by atoms with E-state index in [2.05, 4.69) is 21.7 Å². The third-order valence-electron chi connectivity index (χ3n) is 2.80. The Bertz CT molecular complexity index is 482. The number of anilines is 1. The molecule has 0 spiro atoms. The van der Waals surface area contributed by atoms with Gasteiger partial charge in [0.15, 0.2) is 0 Å². The molecule has 0 atom stereocenters. The van der Waals surface area contributed by atoms with Crippen LogP contribution in [0.5, 0.6) is 0 Å². The van der Waals surface area contributed by atoms with Crippen molar-refractivity contribution >= 4 is 16.6 Å². The summed E-state index contributed by atoms with van der Waals surface area (Å²) in [5.74, 6) is 0. The van der Waals surface area contributed by atoms with Gasteiger partial charge in [0.25, 0.3) is 0 Å². The van der Waals surface area contributed by atoms with Gasteiger partial charge in [-0.15, -0.1) is 0 Å². The molecule has 0 radical (unpaired) electrons. The summed E-state index contributed by atoms with van der Waals surface area (Å²) in [4.78, 5) is 3.37. The van der Waals surface area contributed by atoms with Crippen molar-refractivity contribution in [3.63, 3.8) is 0 Å². The molecule has 3 rings (SSSR count). The molecule has 15 heavy (non-hydrogen) atoms. The summed E-state index contributed by atoms with van der Waals surface area (Å²) in [5.41, 5.74) is 8.80. The molecule has 2 heterocycles. The van der Waals surface area contributed by atoms with Crippen molar-refractivity contribution in [2.24, 2.45) is 0 Å². The third-order valence-corrected chi connectivity index (χ3v) is 2.80. The van der Waals surface area contributed by atoms with Gasteiger partial charge in [-0.25, -0.2) is 0 Å².